The Balaban J connectivity index is 2.23. The minimum absolute atomic E-state index is 0.642. The summed E-state index contributed by atoms with van der Waals surface area (Å²) in [6.07, 6.45) is 44.0. The van der Waals surface area contributed by atoms with Gasteiger partial charge in [0, 0.05) is 25.5 Å². The molecule has 1 atom stereocenters. The molecule has 2 heteroatoms. The fourth-order valence-corrected chi connectivity index (χ4v) is 6.01. The molecular formula is C35H70N2. The van der Waals surface area contributed by atoms with Gasteiger partial charge >= 0.3 is 0 Å². The van der Waals surface area contributed by atoms with Crippen LogP contribution in [-0.2, 0) is 0 Å². The van der Waals surface area contributed by atoms with E-state index in [0.29, 0.717) is 6.17 Å². The van der Waals surface area contributed by atoms with Gasteiger partial charge in [0.05, 0.1) is 0 Å². The van der Waals surface area contributed by atoms with E-state index in [-0.39, 0.29) is 0 Å². The van der Waals surface area contributed by atoms with Crippen molar-refractivity contribution >= 4 is 0 Å². The van der Waals surface area contributed by atoms with E-state index in [1.807, 2.05) is 0 Å². The smallest absolute Gasteiger partial charge is 0.101 e. The van der Waals surface area contributed by atoms with Crippen molar-refractivity contribution in [3.63, 3.8) is 0 Å². The van der Waals surface area contributed by atoms with Crippen molar-refractivity contribution in [2.75, 3.05) is 13.1 Å². The number of rotatable bonds is 29. The van der Waals surface area contributed by atoms with Gasteiger partial charge in [-0.15, -0.1) is 0 Å². The van der Waals surface area contributed by atoms with Crippen LogP contribution in [0.5, 0.6) is 0 Å². The summed E-state index contributed by atoms with van der Waals surface area (Å²) in [5.41, 5.74) is 0. The second-order valence-corrected chi connectivity index (χ2v) is 12.2. The maximum atomic E-state index is 2.70. The summed E-state index contributed by atoms with van der Waals surface area (Å²) in [5.74, 6) is 0. The first-order valence-electron chi connectivity index (χ1n) is 17.5. The van der Waals surface area contributed by atoms with Gasteiger partial charge in [0.25, 0.3) is 0 Å². The third-order valence-electron chi connectivity index (χ3n) is 8.57. The second kappa shape index (κ2) is 26.9. The summed E-state index contributed by atoms with van der Waals surface area (Å²) in [4.78, 5) is 5.41. The van der Waals surface area contributed by atoms with E-state index in [9.17, 15) is 0 Å². The van der Waals surface area contributed by atoms with Crippen molar-refractivity contribution in [1.82, 2.24) is 9.80 Å². The van der Waals surface area contributed by atoms with Gasteiger partial charge in [-0.05, 0) is 25.7 Å². The molecule has 0 saturated heterocycles. The quantitative estimate of drug-likeness (QED) is 0.0908. The Morgan fingerprint density at radius 1 is 0.351 bits per heavy atom. The number of hydrogen-bond donors (Lipinski definition) is 0. The van der Waals surface area contributed by atoms with E-state index in [1.54, 1.807) is 0 Å². The fraction of sp³-hybridized carbons (Fsp3) is 0.943. The minimum Gasteiger partial charge on any atom is -0.356 e. The van der Waals surface area contributed by atoms with Crippen molar-refractivity contribution < 1.29 is 0 Å². The molecule has 0 N–H and O–H groups in total. The molecule has 1 aliphatic rings. The van der Waals surface area contributed by atoms with Gasteiger partial charge in [-0.3, -0.25) is 0 Å². The van der Waals surface area contributed by atoms with E-state index >= 15 is 0 Å². The normalized spacial score (nSPS) is 15.4. The Hall–Kier alpha value is -0.660. The Labute approximate surface area is 235 Å². The molecule has 0 aliphatic carbocycles. The molecule has 0 bridgehead atoms. The number of hydrogen-bond acceptors (Lipinski definition) is 2. The fourth-order valence-electron chi connectivity index (χ4n) is 6.01. The van der Waals surface area contributed by atoms with Crippen molar-refractivity contribution in [3.05, 3.63) is 12.4 Å². The van der Waals surface area contributed by atoms with Crippen molar-refractivity contribution in [3.8, 4) is 0 Å². The predicted octanol–water partition coefficient (Wildman–Crippen LogP) is 12.0. The summed E-state index contributed by atoms with van der Waals surface area (Å²) < 4.78 is 0. The highest BCUT2D eigenvalue weighted by molar-refractivity contribution is 4.97. The van der Waals surface area contributed by atoms with Crippen molar-refractivity contribution in [2.24, 2.45) is 0 Å². The van der Waals surface area contributed by atoms with Gasteiger partial charge in [-0.2, -0.15) is 0 Å². The Bertz CT molecular complexity index is 474. The van der Waals surface area contributed by atoms with Crippen LogP contribution in [0.15, 0.2) is 12.4 Å². The van der Waals surface area contributed by atoms with Crippen LogP contribution in [-0.4, -0.2) is 29.1 Å². The molecule has 0 fully saturated rings. The molecule has 220 valence electrons. The average molecular weight is 519 g/mol. The lowest BCUT2D eigenvalue weighted by atomic mass is 10.1. The Morgan fingerprint density at radius 2 is 0.622 bits per heavy atom. The first-order chi connectivity index (χ1) is 18.3. The lowest BCUT2D eigenvalue weighted by Crippen LogP contribution is -2.39. The van der Waals surface area contributed by atoms with E-state index in [2.05, 4.69) is 43.0 Å². The Kier molecular flexibility index (Phi) is 25.0. The molecule has 1 unspecified atom stereocenters. The highest BCUT2D eigenvalue weighted by Crippen LogP contribution is 2.24. The van der Waals surface area contributed by atoms with Crippen LogP contribution in [0.2, 0.25) is 0 Å². The Morgan fingerprint density at radius 3 is 0.946 bits per heavy atom. The van der Waals surface area contributed by atoms with Gasteiger partial charge in [0.15, 0.2) is 0 Å². The molecule has 1 aliphatic heterocycles. The molecule has 2 nitrogen and oxygen atoms in total. The molecule has 0 saturated carbocycles. The van der Waals surface area contributed by atoms with Crippen molar-refractivity contribution in [1.29, 1.82) is 0 Å². The molecule has 0 aromatic rings. The zero-order chi connectivity index (χ0) is 26.7. The SMILES string of the molecule is CCCCCCCCCCCCCN1C=CN(CCCCCCCCCC)C1CCCCCCCCC. The summed E-state index contributed by atoms with van der Waals surface area (Å²) in [5, 5.41) is 0. The molecule has 1 heterocycles. The number of nitrogens with zero attached hydrogens (tertiary/aromatic N) is 2. The second-order valence-electron chi connectivity index (χ2n) is 12.2. The highest BCUT2D eigenvalue weighted by atomic mass is 15.4. The molecule has 0 radical (unpaired) electrons. The van der Waals surface area contributed by atoms with Gasteiger partial charge in [0.1, 0.15) is 6.17 Å². The molecule has 37 heavy (non-hydrogen) atoms. The molecule has 0 amide bonds. The third kappa shape index (κ3) is 20.0. The standard InChI is InChI=1S/C35H70N2/c1-4-7-10-13-16-18-19-20-23-26-29-32-37-34-33-36(31-28-25-22-17-14-11-8-5-2)35(37)30-27-24-21-15-12-9-6-3/h33-35H,4-32H2,1-3H3. The summed E-state index contributed by atoms with van der Waals surface area (Å²) in [6.45, 7) is 9.47. The van der Waals surface area contributed by atoms with Gasteiger partial charge in [0.2, 0.25) is 0 Å². The zero-order valence-corrected chi connectivity index (χ0v) is 26.1. The van der Waals surface area contributed by atoms with E-state index in [4.69, 9.17) is 0 Å². The van der Waals surface area contributed by atoms with Crippen LogP contribution in [0, 0.1) is 0 Å². The molecule has 0 aromatic carbocycles. The minimum atomic E-state index is 0.642. The third-order valence-corrected chi connectivity index (χ3v) is 8.57. The molecule has 0 spiro atoms. The lowest BCUT2D eigenvalue weighted by Gasteiger charge is -2.33. The van der Waals surface area contributed by atoms with Crippen molar-refractivity contribution in [2.45, 2.75) is 200 Å². The first-order valence-corrected chi connectivity index (χ1v) is 17.5. The summed E-state index contributed by atoms with van der Waals surface area (Å²) >= 11 is 0. The molecule has 0 aromatic heterocycles. The maximum absolute atomic E-state index is 2.70. The van der Waals surface area contributed by atoms with Gasteiger partial charge in [-0.25, -0.2) is 0 Å². The van der Waals surface area contributed by atoms with E-state index in [0.717, 1.165) is 0 Å². The zero-order valence-electron chi connectivity index (χ0n) is 26.1. The van der Waals surface area contributed by atoms with Gasteiger partial charge < -0.3 is 9.80 Å². The largest absolute Gasteiger partial charge is 0.356 e. The number of unbranched alkanes of at least 4 members (excludes halogenated alkanes) is 23. The monoisotopic (exact) mass is 519 g/mol. The van der Waals surface area contributed by atoms with Crippen LogP contribution in [0.4, 0.5) is 0 Å². The van der Waals surface area contributed by atoms with Gasteiger partial charge in [-0.1, -0.05) is 168 Å². The van der Waals surface area contributed by atoms with Crippen LogP contribution in [0.25, 0.3) is 0 Å². The van der Waals surface area contributed by atoms with E-state index < -0.39 is 0 Å². The van der Waals surface area contributed by atoms with Crippen LogP contribution in [0.3, 0.4) is 0 Å². The maximum Gasteiger partial charge on any atom is 0.101 e. The summed E-state index contributed by atoms with van der Waals surface area (Å²) in [6, 6.07) is 0. The van der Waals surface area contributed by atoms with Crippen LogP contribution in [0.1, 0.15) is 194 Å². The highest BCUT2D eigenvalue weighted by Gasteiger charge is 2.24. The summed E-state index contributed by atoms with van der Waals surface area (Å²) in [7, 11) is 0. The average Bonchev–Trinajstić information content (AvgIpc) is 3.29. The predicted molar refractivity (Wildman–Crippen MR) is 168 cm³/mol. The van der Waals surface area contributed by atoms with Crippen LogP contribution >= 0.6 is 0 Å². The van der Waals surface area contributed by atoms with Crippen LogP contribution < -0.4 is 0 Å². The molecular weight excluding hydrogens is 448 g/mol. The van der Waals surface area contributed by atoms with E-state index in [1.165, 1.54) is 186 Å². The first kappa shape index (κ1) is 34.4. The molecule has 1 rings (SSSR count). The lowest BCUT2D eigenvalue weighted by molar-refractivity contribution is 0.135. The topological polar surface area (TPSA) is 6.48 Å².